The van der Waals surface area contributed by atoms with Crippen molar-refractivity contribution in [3.8, 4) is 0 Å². The van der Waals surface area contributed by atoms with Crippen molar-refractivity contribution in [3.05, 3.63) is 17.5 Å². The minimum absolute atomic E-state index is 0.150. The number of hydrogen-bond donors (Lipinski definition) is 1. The number of hydrogen-bond acceptors (Lipinski definition) is 5. The van der Waals surface area contributed by atoms with Crippen LogP contribution < -0.4 is 5.32 Å². The van der Waals surface area contributed by atoms with Crippen LogP contribution in [0.25, 0.3) is 0 Å². The van der Waals surface area contributed by atoms with Crippen molar-refractivity contribution in [2.75, 3.05) is 19.7 Å². The van der Waals surface area contributed by atoms with Gasteiger partial charge in [0.1, 0.15) is 0 Å². The number of ether oxygens (including phenoxy) is 1. The number of aryl methyl sites for hydroxylation is 1. The number of nitrogens with one attached hydrogen (secondary N) is 1. The Kier molecular flexibility index (Phi) is 4.79. The maximum atomic E-state index is 11.4. The summed E-state index contributed by atoms with van der Waals surface area (Å²) in [6, 6.07) is 2.10. The quantitative estimate of drug-likeness (QED) is 0.899. The van der Waals surface area contributed by atoms with Gasteiger partial charge in [0, 0.05) is 18.7 Å². The topological polar surface area (TPSA) is 67.6 Å². The number of piperidine rings is 1. The molecule has 0 spiro atoms. The molecule has 1 aromatic rings. The van der Waals surface area contributed by atoms with Crippen LogP contribution in [0.4, 0.5) is 4.79 Å². The van der Waals surface area contributed by atoms with Gasteiger partial charge in [-0.3, -0.25) is 4.90 Å². The Morgan fingerprint density at radius 3 is 3.21 bits per heavy atom. The van der Waals surface area contributed by atoms with E-state index < -0.39 is 0 Å². The fourth-order valence-corrected chi connectivity index (χ4v) is 2.37. The van der Waals surface area contributed by atoms with E-state index in [9.17, 15) is 4.79 Å². The number of carbonyl (C=O) groups is 1. The summed E-state index contributed by atoms with van der Waals surface area (Å²) in [4.78, 5) is 13.7. The Bertz CT molecular complexity index is 419. The molecule has 1 N–H and O–H groups in total. The van der Waals surface area contributed by atoms with Crippen molar-refractivity contribution in [1.29, 1.82) is 0 Å². The minimum atomic E-state index is -0.329. The first kappa shape index (κ1) is 13.9. The molecule has 1 saturated heterocycles. The third-order valence-corrected chi connectivity index (χ3v) is 3.16. The SMILES string of the molecule is CCOC(=O)N[C@H]1CCCN(Cc2cc(C)no2)C1. The largest absolute Gasteiger partial charge is 0.450 e. The lowest BCUT2D eigenvalue weighted by Crippen LogP contribution is -2.47. The summed E-state index contributed by atoms with van der Waals surface area (Å²) in [5.41, 5.74) is 0.896. The van der Waals surface area contributed by atoms with E-state index in [0.717, 1.165) is 43.9 Å². The number of amides is 1. The molecule has 1 fully saturated rings. The van der Waals surface area contributed by atoms with E-state index in [-0.39, 0.29) is 12.1 Å². The summed E-state index contributed by atoms with van der Waals surface area (Å²) in [5, 5.41) is 6.77. The second-order valence-corrected chi connectivity index (χ2v) is 4.87. The van der Waals surface area contributed by atoms with Crippen molar-refractivity contribution in [1.82, 2.24) is 15.4 Å². The second kappa shape index (κ2) is 6.56. The maximum absolute atomic E-state index is 11.4. The van der Waals surface area contributed by atoms with Crippen LogP contribution in [0.2, 0.25) is 0 Å². The van der Waals surface area contributed by atoms with Crippen LogP contribution in [0.3, 0.4) is 0 Å². The summed E-state index contributed by atoms with van der Waals surface area (Å²) in [6.45, 7) is 6.69. The number of carbonyl (C=O) groups excluding carboxylic acids is 1. The molecule has 0 aliphatic carbocycles. The maximum Gasteiger partial charge on any atom is 0.407 e. The molecule has 0 unspecified atom stereocenters. The van der Waals surface area contributed by atoms with Crippen LogP contribution in [0.5, 0.6) is 0 Å². The molecule has 6 heteroatoms. The Balaban J connectivity index is 1.81. The lowest BCUT2D eigenvalue weighted by molar-refractivity contribution is 0.129. The van der Waals surface area contributed by atoms with Crippen molar-refractivity contribution in [2.45, 2.75) is 39.3 Å². The fourth-order valence-electron chi connectivity index (χ4n) is 2.37. The molecule has 2 rings (SSSR count). The molecule has 1 amide bonds. The number of alkyl carbamates (subject to hydrolysis) is 1. The Labute approximate surface area is 113 Å². The van der Waals surface area contributed by atoms with Gasteiger partial charge >= 0.3 is 6.09 Å². The standard InChI is InChI=1S/C13H21N3O3/c1-3-18-13(17)14-11-5-4-6-16(8-11)9-12-7-10(2)15-19-12/h7,11H,3-6,8-9H2,1-2H3,(H,14,17)/t11-/m0/s1. The molecule has 19 heavy (non-hydrogen) atoms. The van der Waals surface area contributed by atoms with Gasteiger partial charge in [-0.05, 0) is 33.2 Å². The van der Waals surface area contributed by atoms with E-state index >= 15 is 0 Å². The van der Waals surface area contributed by atoms with E-state index in [1.165, 1.54) is 0 Å². The summed E-state index contributed by atoms with van der Waals surface area (Å²) in [6.07, 6.45) is 1.72. The number of nitrogens with zero attached hydrogens (tertiary/aromatic N) is 2. The van der Waals surface area contributed by atoms with Gasteiger partial charge in [-0.15, -0.1) is 0 Å². The third kappa shape index (κ3) is 4.24. The molecule has 2 heterocycles. The van der Waals surface area contributed by atoms with E-state index in [1.54, 1.807) is 6.92 Å². The van der Waals surface area contributed by atoms with Gasteiger partial charge in [-0.1, -0.05) is 5.16 Å². The van der Waals surface area contributed by atoms with Gasteiger partial charge in [-0.2, -0.15) is 0 Å². The van der Waals surface area contributed by atoms with Gasteiger partial charge in [0.15, 0.2) is 5.76 Å². The highest BCUT2D eigenvalue weighted by Crippen LogP contribution is 2.14. The molecule has 1 atom stereocenters. The van der Waals surface area contributed by atoms with Crippen LogP contribution in [-0.4, -0.2) is 41.9 Å². The minimum Gasteiger partial charge on any atom is -0.450 e. The molecule has 1 aliphatic rings. The third-order valence-electron chi connectivity index (χ3n) is 3.16. The molecular weight excluding hydrogens is 246 g/mol. The predicted molar refractivity (Wildman–Crippen MR) is 69.7 cm³/mol. The van der Waals surface area contributed by atoms with Crippen molar-refractivity contribution in [3.63, 3.8) is 0 Å². The first-order chi connectivity index (χ1) is 9.17. The van der Waals surface area contributed by atoms with Gasteiger partial charge in [-0.25, -0.2) is 4.79 Å². The average Bonchev–Trinajstić information content (AvgIpc) is 2.75. The van der Waals surface area contributed by atoms with Crippen molar-refractivity contribution >= 4 is 6.09 Å². The smallest absolute Gasteiger partial charge is 0.407 e. The zero-order valence-electron chi connectivity index (χ0n) is 11.5. The van der Waals surface area contributed by atoms with Gasteiger partial charge in [0.05, 0.1) is 18.8 Å². The lowest BCUT2D eigenvalue weighted by atomic mass is 10.1. The number of aromatic nitrogens is 1. The van der Waals surface area contributed by atoms with Crippen LogP contribution in [-0.2, 0) is 11.3 Å². The summed E-state index contributed by atoms with van der Waals surface area (Å²) < 4.78 is 10.1. The molecule has 6 nitrogen and oxygen atoms in total. The molecule has 0 aromatic carbocycles. The Morgan fingerprint density at radius 2 is 2.53 bits per heavy atom. The van der Waals surface area contributed by atoms with Gasteiger partial charge in [0.25, 0.3) is 0 Å². The van der Waals surface area contributed by atoms with E-state index in [1.807, 2.05) is 13.0 Å². The zero-order chi connectivity index (χ0) is 13.7. The first-order valence-electron chi connectivity index (χ1n) is 6.75. The normalized spacial score (nSPS) is 20.2. The highest BCUT2D eigenvalue weighted by molar-refractivity contribution is 5.67. The number of rotatable bonds is 4. The highest BCUT2D eigenvalue weighted by Gasteiger charge is 2.22. The lowest BCUT2D eigenvalue weighted by Gasteiger charge is -2.32. The molecule has 0 radical (unpaired) electrons. The molecule has 1 aliphatic heterocycles. The second-order valence-electron chi connectivity index (χ2n) is 4.87. The van der Waals surface area contributed by atoms with E-state index in [2.05, 4.69) is 15.4 Å². The van der Waals surface area contributed by atoms with Crippen LogP contribution in [0.1, 0.15) is 31.2 Å². The molecule has 0 saturated carbocycles. The van der Waals surface area contributed by atoms with Gasteiger partial charge < -0.3 is 14.6 Å². The summed E-state index contributed by atoms with van der Waals surface area (Å²) >= 11 is 0. The predicted octanol–water partition coefficient (Wildman–Crippen LogP) is 1.69. The fraction of sp³-hybridized carbons (Fsp3) is 0.692. The summed E-state index contributed by atoms with van der Waals surface area (Å²) in [7, 11) is 0. The molecule has 106 valence electrons. The van der Waals surface area contributed by atoms with Crippen molar-refractivity contribution < 1.29 is 14.1 Å². The Morgan fingerprint density at radius 1 is 1.68 bits per heavy atom. The molecule has 1 aromatic heterocycles. The highest BCUT2D eigenvalue weighted by atomic mass is 16.5. The molecule has 0 bridgehead atoms. The monoisotopic (exact) mass is 267 g/mol. The average molecular weight is 267 g/mol. The van der Waals surface area contributed by atoms with Gasteiger partial charge in [0.2, 0.25) is 0 Å². The van der Waals surface area contributed by atoms with Crippen LogP contribution in [0.15, 0.2) is 10.6 Å². The Hall–Kier alpha value is -1.56. The van der Waals surface area contributed by atoms with E-state index in [0.29, 0.717) is 6.61 Å². The summed E-state index contributed by atoms with van der Waals surface area (Å²) in [5.74, 6) is 0.870. The van der Waals surface area contributed by atoms with Crippen LogP contribution >= 0.6 is 0 Å². The molecular formula is C13H21N3O3. The number of likely N-dealkylation sites (tertiary alicyclic amines) is 1. The van der Waals surface area contributed by atoms with Crippen molar-refractivity contribution in [2.24, 2.45) is 0 Å². The van der Waals surface area contributed by atoms with Crippen LogP contribution in [0, 0.1) is 6.92 Å². The first-order valence-corrected chi connectivity index (χ1v) is 6.75. The zero-order valence-corrected chi connectivity index (χ0v) is 11.5. The van der Waals surface area contributed by atoms with E-state index in [4.69, 9.17) is 9.26 Å².